The minimum absolute atomic E-state index is 0.0775. The van der Waals surface area contributed by atoms with Crippen molar-refractivity contribution >= 4 is 39.1 Å². The van der Waals surface area contributed by atoms with Crippen molar-refractivity contribution in [2.45, 2.75) is 25.9 Å². The molecule has 3 aromatic rings. The fraction of sp³-hybridized carbons (Fsp3) is 0.286. The van der Waals surface area contributed by atoms with Crippen molar-refractivity contribution in [3.05, 3.63) is 95.0 Å². The van der Waals surface area contributed by atoms with Crippen molar-refractivity contribution < 1.29 is 22.7 Å². The number of hydrogen-bond acceptors (Lipinski definition) is 5. The number of halogens is 1. The number of methoxy groups -OCH3 is 1. The second-order valence-electron chi connectivity index (χ2n) is 8.69. The van der Waals surface area contributed by atoms with Gasteiger partial charge in [-0.25, -0.2) is 8.42 Å². The first kappa shape index (κ1) is 29.0. The average Bonchev–Trinajstić information content (AvgIpc) is 2.90. The van der Waals surface area contributed by atoms with Crippen LogP contribution >= 0.6 is 11.6 Å². The quantitative estimate of drug-likeness (QED) is 0.364. The summed E-state index contributed by atoms with van der Waals surface area (Å²) in [6.07, 6.45) is 1.28. The Morgan fingerprint density at radius 1 is 0.947 bits per heavy atom. The zero-order valence-electron chi connectivity index (χ0n) is 21.6. The number of nitrogens with one attached hydrogen (secondary N) is 1. The van der Waals surface area contributed by atoms with E-state index in [9.17, 15) is 18.0 Å². The lowest BCUT2D eigenvalue weighted by atomic mass is 10.0. The largest absolute Gasteiger partial charge is 0.495 e. The van der Waals surface area contributed by atoms with Gasteiger partial charge in [-0.2, -0.15) is 0 Å². The predicted molar refractivity (Wildman–Crippen MR) is 150 cm³/mol. The molecule has 0 unspecified atom stereocenters. The second-order valence-corrected chi connectivity index (χ2v) is 11.0. The summed E-state index contributed by atoms with van der Waals surface area (Å²) in [7, 11) is -2.46. The number of ether oxygens (including phenoxy) is 1. The number of para-hydroxylation sites is 2. The van der Waals surface area contributed by atoms with E-state index in [0.29, 0.717) is 17.3 Å². The maximum Gasteiger partial charge on any atom is 0.244 e. The van der Waals surface area contributed by atoms with Gasteiger partial charge in [0.2, 0.25) is 21.8 Å². The monoisotopic (exact) mass is 557 g/mol. The summed E-state index contributed by atoms with van der Waals surface area (Å²) in [6.45, 7) is 1.74. The Bertz CT molecular complexity index is 1330. The molecule has 0 aliphatic rings. The Balaban J connectivity index is 2.05. The van der Waals surface area contributed by atoms with E-state index < -0.39 is 28.5 Å². The van der Waals surface area contributed by atoms with Gasteiger partial charge in [0.25, 0.3) is 0 Å². The summed E-state index contributed by atoms with van der Waals surface area (Å²) in [5.41, 5.74) is 1.84. The zero-order valence-corrected chi connectivity index (χ0v) is 23.2. The second kappa shape index (κ2) is 13.3. The molecule has 0 aromatic heterocycles. The lowest BCUT2D eigenvalue weighted by molar-refractivity contribution is -0.140. The van der Waals surface area contributed by atoms with Gasteiger partial charge in [0.1, 0.15) is 18.3 Å². The van der Waals surface area contributed by atoms with Crippen LogP contribution in [-0.2, 0) is 32.6 Å². The van der Waals surface area contributed by atoms with Gasteiger partial charge < -0.3 is 15.0 Å². The first-order valence-electron chi connectivity index (χ1n) is 12.1. The molecular weight excluding hydrogens is 526 g/mol. The maximum absolute atomic E-state index is 14.0. The molecule has 0 aliphatic heterocycles. The van der Waals surface area contributed by atoms with Gasteiger partial charge >= 0.3 is 0 Å². The van der Waals surface area contributed by atoms with Crippen LogP contribution in [0.25, 0.3) is 0 Å². The van der Waals surface area contributed by atoms with Crippen LogP contribution in [0.1, 0.15) is 18.1 Å². The molecule has 0 radical (unpaired) electrons. The summed E-state index contributed by atoms with van der Waals surface area (Å²) in [6, 6.07) is 22.0. The Labute approximate surface area is 229 Å². The first-order valence-corrected chi connectivity index (χ1v) is 14.3. The number of nitrogens with zero attached hydrogens (tertiary/aromatic N) is 2. The van der Waals surface area contributed by atoms with Gasteiger partial charge in [-0.05, 0) is 42.3 Å². The summed E-state index contributed by atoms with van der Waals surface area (Å²) in [5, 5.41) is 3.36. The van der Waals surface area contributed by atoms with Crippen LogP contribution in [0.3, 0.4) is 0 Å². The Kier molecular flexibility index (Phi) is 10.2. The summed E-state index contributed by atoms with van der Waals surface area (Å²) in [5.74, 6) is -0.565. The van der Waals surface area contributed by atoms with Crippen molar-refractivity contribution in [3.8, 4) is 5.75 Å². The zero-order chi connectivity index (χ0) is 27.7. The molecule has 0 saturated heterocycles. The molecule has 0 aliphatic carbocycles. The minimum atomic E-state index is -3.88. The van der Waals surface area contributed by atoms with Gasteiger partial charge in [-0.1, -0.05) is 66.2 Å². The fourth-order valence-electron chi connectivity index (χ4n) is 4.06. The molecule has 1 N–H and O–H groups in total. The number of rotatable bonds is 12. The Morgan fingerprint density at radius 2 is 1.58 bits per heavy atom. The Hall–Kier alpha value is -3.56. The molecule has 3 aromatic carbocycles. The van der Waals surface area contributed by atoms with Gasteiger partial charge in [0, 0.05) is 24.5 Å². The van der Waals surface area contributed by atoms with Crippen LogP contribution in [0.5, 0.6) is 5.75 Å². The van der Waals surface area contributed by atoms with E-state index in [1.165, 1.54) is 12.0 Å². The molecule has 2 amide bonds. The smallest absolute Gasteiger partial charge is 0.244 e. The highest BCUT2D eigenvalue weighted by Gasteiger charge is 2.33. The highest BCUT2D eigenvalue weighted by atomic mass is 35.5. The van der Waals surface area contributed by atoms with Crippen molar-refractivity contribution in [1.82, 2.24) is 10.2 Å². The minimum Gasteiger partial charge on any atom is -0.495 e. The molecule has 0 spiro atoms. The average molecular weight is 558 g/mol. The van der Waals surface area contributed by atoms with Crippen molar-refractivity contribution in [3.63, 3.8) is 0 Å². The van der Waals surface area contributed by atoms with E-state index in [1.807, 2.05) is 30.3 Å². The van der Waals surface area contributed by atoms with E-state index in [0.717, 1.165) is 21.7 Å². The normalized spacial score (nSPS) is 11.9. The lowest BCUT2D eigenvalue weighted by Crippen LogP contribution is -2.53. The van der Waals surface area contributed by atoms with Gasteiger partial charge in [0.05, 0.1) is 19.1 Å². The third-order valence-electron chi connectivity index (χ3n) is 5.92. The van der Waals surface area contributed by atoms with Crippen molar-refractivity contribution in [1.29, 1.82) is 0 Å². The fourth-order valence-corrected chi connectivity index (χ4v) is 5.04. The van der Waals surface area contributed by atoms with Crippen LogP contribution < -0.4 is 14.4 Å². The van der Waals surface area contributed by atoms with Crippen LogP contribution in [0.2, 0.25) is 5.02 Å². The molecule has 10 heteroatoms. The molecule has 38 heavy (non-hydrogen) atoms. The first-order chi connectivity index (χ1) is 18.1. The number of sulfonamides is 1. The van der Waals surface area contributed by atoms with Crippen LogP contribution in [0.4, 0.5) is 5.69 Å². The Morgan fingerprint density at radius 3 is 2.18 bits per heavy atom. The molecule has 202 valence electrons. The number of hydrogen-bond donors (Lipinski definition) is 1. The van der Waals surface area contributed by atoms with Crippen LogP contribution in [-0.4, -0.2) is 57.6 Å². The SMILES string of the molecule is CCNC(=O)[C@@H](Cc1ccccc1)N(Cc1ccc(Cl)cc1)C(=O)CN(c1ccccc1OC)S(C)(=O)=O. The number of likely N-dealkylation sites (N-methyl/N-ethyl adjacent to an activating group) is 1. The van der Waals surface area contributed by atoms with Gasteiger partial charge in [0.15, 0.2) is 0 Å². The summed E-state index contributed by atoms with van der Waals surface area (Å²) >= 11 is 6.06. The van der Waals surface area contributed by atoms with E-state index >= 15 is 0 Å². The highest BCUT2D eigenvalue weighted by Crippen LogP contribution is 2.30. The molecule has 0 bridgehead atoms. The highest BCUT2D eigenvalue weighted by molar-refractivity contribution is 7.92. The summed E-state index contributed by atoms with van der Waals surface area (Å²) in [4.78, 5) is 28.7. The molecule has 3 rings (SSSR count). The third kappa shape index (κ3) is 7.72. The van der Waals surface area contributed by atoms with Gasteiger partial charge in [-0.15, -0.1) is 0 Å². The lowest BCUT2D eigenvalue weighted by Gasteiger charge is -2.33. The molecular formula is C28H32ClN3O5S. The number of carbonyl (C=O) groups excluding carboxylic acids is 2. The van der Waals surface area contributed by atoms with E-state index in [2.05, 4.69) is 5.32 Å². The van der Waals surface area contributed by atoms with Crippen molar-refractivity contribution in [2.75, 3.05) is 30.8 Å². The number of carbonyl (C=O) groups is 2. The molecule has 0 saturated carbocycles. The molecule has 1 atom stereocenters. The maximum atomic E-state index is 14.0. The number of anilines is 1. The molecule has 8 nitrogen and oxygen atoms in total. The van der Waals surface area contributed by atoms with E-state index in [-0.39, 0.29) is 24.6 Å². The number of amides is 2. The third-order valence-corrected chi connectivity index (χ3v) is 7.30. The summed E-state index contributed by atoms with van der Waals surface area (Å²) < 4.78 is 32.1. The van der Waals surface area contributed by atoms with Crippen molar-refractivity contribution in [2.24, 2.45) is 0 Å². The topological polar surface area (TPSA) is 96.0 Å². The molecule has 0 fully saturated rings. The van der Waals surface area contributed by atoms with Gasteiger partial charge in [-0.3, -0.25) is 13.9 Å². The number of benzene rings is 3. The predicted octanol–water partition coefficient (Wildman–Crippen LogP) is 3.89. The van der Waals surface area contributed by atoms with Crippen LogP contribution in [0, 0.1) is 0 Å². The molecule has 0 heterocycles. The standard InChI is InChI=1S/C28H32ClN3O5S/c1-4-30-28(34)25(18-21-10-6-5-7-11-21)31(19-22-14-16-23(29)17-15-22)27(33)20-32(38(3,35)36)24-12-8-9-13-26(24)37-2/h5-17,25H,4,18-20H2,1-3H3,(H,30,34)/t25-/m1/s1. The van der Waals surface area contributed by atoms with E-state index in [4.69, 9.17) is 16.3 Å². The van der Waals surface area contributed by atoms with Crippen LogP contribution in [0.15, 0.2) is 78.9 Å². The van der Waals surface area contributed by atoms with E-state index in [1.54, 1.807) is 55.5 Å².